The van der Waals surface area contributed by atoms with Gasteiger partial charge in [-0.1, -0.05) is 30.8 Å². The molecule has 0 unspecified atom stereocenters. The molecule has 30 heavy (non-hydrogen) atoms. The van der Waals surface area contributed by atoms with E-state index < -0.39 is 5.97 Å². The number of nitrogen functional groups attached to an aromatic ring is 1. The van der Waals surface area contributed by atoms with Gasteiger partial charge < -0.3 is 10.5 Å². The summed E-state index contributed by atoms with van der Waals surface area (Å²) in [6, 6.07) is 9.25. The van der Waals surface area contributed by atoms with Crippen LogP contribution in [0.2, 0.25) is 0 Å². The van der Waals surface area contributed by atoms with Crippen LogP contribution in [0.1, 0.15) is 54.0 Å². The van der Waals surface area contributed by atoms with Gasteiger partial charge in [-0.25, -0.2) is 9.78 Å². The molecule has 0 saturated heterocycles. The van der Waals surface area contributed by atoms with Crippen molar-refractivity contribution < 1.29 is 9.53 Å². The Kier molecular flexibility index (Phi) is 6.80. The number of hydrogen-bond acceptors (Lipinski definition) is 8. The number of para-hydroxylation sites is 1. The maximum absolute atomic E-state index is 13.1. The Morgan fingerprint density at radius 1 is 1.40 bits per heavy atom. The van der Waals surface area contributed by atoms with Crippen molar-refractivity contribution in [1.82, 2.24) is 9.55 Å². The molecule has 2 heterocycles. The quantitative estimate of drug-likeness (QED) is 0.329. The smallest absolute Gasteiger partial charge is 0.348 e. The Morgan fingerprint density at radius 3 is 2.80 bits per heavy atom. The van der Waals surface area contributed by atoms with Gasteiger partial charge in [-0.15, -0.1) is 11.3 Å². The average Bonchev–Trinajstić information content (AvgIpc) is 3.07. The second kappa shape index (κ2) is 9.32. The normalized spacial score (nSPS) is 11.9. The third-order valence-corrected chi connectivity index (χ3v) is 6.78. The lowest BCUT2D eigenvalue weighted by atomic mass is 10.2. The lowest BCUT2D eigenvalue weighted by molar-refractivity contribution is 0.0531. The number of nitrogens with zero attached hydrogens (tertiary/aromatic N) is 3. The topological polar surface area (TPSA) is 111 Å². The fourth-order valence-corrected chi connectivity index (χ4v) is 5.19. The van der Waals surface area contributed by atoms with Crippen LogP contribution in [0.4, 0.5) is 5.00 Å². The van der Waals surface area contributed by atoms with Crippen LogP contribution in [0.25, 0.3) is 10.9 Å². The molecule has 1 aromatic carbocycles. The summed E-state index contributed by atoms with van der Waals surface area (Å²) in [4.78, 5) is 30.5. The van der Waals surface area contributed by atoms with Gasteiger partial charge >= 0.3 is 5.97 Å². The zero-order valence-electron chi connectivity index (χ0n) is 17.0. The van der Waals surface area contributed by atoms with Gasteiger partial charge in [-0.2, -0.15) is 5.26 Å². The molecular weight excluding hydrogens is 420 g/mol. The van der Waals surface area contributed by atoms with E-state index in [0.717, 1.165) is 17.8 Å². The molecule has 2 N–H and O–H groups in total. The number of nitriles is 1. The standard InChI is InChI=1S/C21H22N4O3S2/c1-4-12(3)25-19(26)13-8-6-7-9-16(13)24-21(25)29-11-15-14(10-22)18(23)30-17(15)20(27)28-5-2/h6-9,12H,4-5,11,23H2,1-3H3/t12-/m1/s1. The van der Waals surface area contributed by atoms with Gasteiger partial charge in [0, 0.05) is 17.4 Å². The SMILES string of the molecule is CCOC(=O)c1sc(N)c(C#N)c1CSc1nc2ccccc2c(=O)n1[C@H](C)CC. The molecule has 9 heteroatoms. The van der Waals surface area contributed by atoms with Crippen LogP contribution < -0.4 is 11.3 Å². The summed E-state index contributed by atoms with van der Waals surface area (Å²) in [5.74, 6) is -0.233. The predicted octanol–water partition coefficient (Wildman–Crippen LogP) is 4.35. The van der Waals surface area contributed by atoms with Crippen LogP contribution in [0.3, 0.4) is 0 Å². The fraction of sp³-hybridized carbons (Fsp3) is 0.333. The third kappa shape index (κ3) is 4.06. The Bertz CT molecular complexity index is 1190. The zero-order chi connectivity index (χ0) is 21.8. The zero-order valence-corrected chi connectivity index (χ0v) is 18.6. The summed E-state index contributed by atoms with van der Waals surface area (Å²) < 4.78 is 6.80. The molecule has 0 saturated carbocycles. The van der Waals surface area contributed by atoms with E-state index in [1.165, 1.54) is 11.8 Å². The molecule has 3 rings (SSSR count). The number of anilines is 1. The predicted molar refractivity (Wildman–Crippen MR) is 120 cm³/mol. The summed E-state index contributed by atoms with van der Waals surface area (Å²) >= 11 is 2.36. The van der Waals surface area contributed by atoms with Crippen molar-refractivity contribution in [2.45, 2.75) is 44.1 Å². The van der Waals surface area contributed by atoms with E-state index in [2.05, 4.69) is 6.07 Å². The first-order valence-corrected chi connectivity index (χ1v) is 11.3. The molecule has 0 aliphatic rings. The highest BCUT2D eigenvalue weighted by Gasteiger charge is 2.24. The van der Waals surface area contributed by atoms with Crippen LogP contribution in [0.15, 0.2) is 34.2 Å². The first-order chi connectivity index (χ1) is 14.4. The molecule has 7 nitrogen and oxygen atoms in total. The number of ether oxygens (including phenoxy) is 1. The summed E-state index contributed by atoms with van der Waals surface area (Å²) in [6.07, 6.45) is 0.760. The van der Waals surface area contributed by atoms with Gasteiger partial charge in [0.25, 0.3) is 5.56 Å². The van der Waals surface area contributed by atoms with Crippen LogP contribution >= 0.6 is 23.1 Å². The third-order valence-electron chi connectivity index (χ3n) is 4.76. The summed E-state index contributed by atoms with van der Waals surface area (Å²) in [5, 5.41) is 10.9. The molecule has 0 bridgehead atoms. The van der Waals surface area contributed by atoms with Crippen molar-refractivity contribution >= 4 is 45.0 Å². The number of rotatable bonds is 7. The van der Waals surface area contributed by atoms with Gasteiger partial charge in [-0.3, -0.25) is 9.36 Å². The maximum atomic E-state index is 13.1. The highest BCUT2D eigenvalue weighted by molar-refractivity contribution is 7.98. The average molecular weight is 443 g/mol. The molecule has 0 spiro atoms. The van der Waals surface area contributed by atoms with Gasteiger partial charge in [-0.05, 0) is 32.4 Å². The Balaban J connectivity index is 2.07. The monoisotopic (exact) mass is 442 g/mol. The van der Waals surface area contributed by atoms with E-state index in [1.54, 1.807) is 23.6 Å². The maximum Gasteiger partial charge on any atom is 0.348 e. The molecule has 0 aliphatic carbocycles. The molecule has 0 radical (unpaired) electrons. The summed E-state index contributed by atoms with van der Waals surface area (Å²) in [5.41, 5.74) is 7.26. The Morgan fingerprint density at radius 2 is 2.13 bits per heavy atom. The summed E-state index contributed by atoms with van der Waals surface area (Å²) in [7, 11) is 0. The molecule has 0 aliphatic heterocycles. The number of nitrogens with two attached hydrogens (primary N) is 1. The first-order valence-electron chi connectivity index (χ1n) is 9.55. The molecular formula is C21H22N4O3S2. The minimum Gasteiger partial charge on any atom is -0.462 e. The van der Waals surface area contributed by atoms with Gasteiger partial charge in [0.1, 0.15) is 15.9 Å². The van der Waals surface area contributed by atoms with Crippen molar-refractivity contribution in [3.8, 4) is 6.07 Å². The van der Waals surface area contributed by atoms with E-state index in [1.807, 2.05) is 26.0 Å². The second-order valence-electron chi connectivity index (χ2n) is 6.61. The molecule has 0 amide bonds. The minimum atomic E-state index is -0.503. The Hall–Kier alpha value is -2.83. The number of hydrogen-bond donors (Lipinski definition) is 1. The number of carbonyl (C=O) groups is 1. The van der Waals surface area contributed by atoms with Crippen molar-refractivity contribution in [3.63, 3.8) is 0 Å². The number of thiophene rings is 1. The highest BCUT2D eigenvalue weighted by atomic mass is 32.2. The van der Waals surface area contributed by atoms with E-state index in [4.69, 9.17) is 15.5 Å². The van der Waals surface area contributed by atoms with Crippen LogP contribution in [0.5, 0.6) is 0 Å². The van der Waals surface area contributed by atoms with Gasteiger partial charge in [0.05, 0.1) is 23.1 Å². The van der Waals surface area contributed by atoms with E-state index in [9.17, 15) is 14.9 Å². The largest absolute Gasteiger partial charge is 0.462 e. The second-order valence-corrected chi connectivity index (χ2v) is 8.61. The number of fused-ring (bicyclic) bond motifs is 1. The molecule has 1 atom stereocenters. The van der Waals surface area contributed by atoms with Crippen LogP contribution in [-0.2, 0) is 10.5 Å². The lowest BCUT2D eigenvalue weighted by Gasteiger charge is -2.18. The number of carbonyl (C=O) groups excluding carboxylic acids is 1. The van der Waals surface area contributed by atoms with Gasteiger partial charge in [0.2, 0.25) is 0 Å². The number of benzene rings is 1. The minimum absolute atomic E-state index is 0.0513. The summed E-state index contributed by atoms with van der Waals surface area (Å²) in [6.45, 7) is 5.92. The highest BCUT2D eigenvalue weighted by Crippen LogP contribution is 2.35. The van der Waals surface area contributed by atoms with E-state index >= 15 is 0 Å². The van der Waals surface area contributed by atoms with Crippen molar-refractivity contribution in [1.29, 1.82) is 5.26 Å². The van der Waals surface area contributed by atoms with Crippen LogP contribution in [-0.4, -0.2) is 22.1 Å². The fourth-order valence-electron chi connectivity index (χ4n) is 3.04. The lowest BCUT2D eigenvalue weighted by Crippen LogP contribution is -2.26. The molecule has 3 aromatic rings. The number of thioether (sulfide) groups is 1. The van der Waals surface area contributed by atoms with E-state index in [-0.39, 0.29) is 34.5 Å². The van der Waals surface area contributed by atoms with E-state index in [0.29, 0.717) is 26.5 Å². The number of aromatic nitrogens is 2. The van der Waals surface area contributed by atoms with Crippen LogP contribution in [0, 0.1) is 11.3 Å². The molecule has 156 valence electrons. The van der Waals surface area contributed by atoms with Gasteiger partial charge in [0.15, 0.2) is 5.16 Å². The number of esters is 1. The molecule has 0 fully saturated rings. The molecule has 2 aromatic heterocycles. The van der Waals surface area contributed by atoms with Crippen molar-refractivity contribution in [2.24, 2.45) is 0 Å². The van der Waals surface area contributed by atoms with Crippen molar-refractivity contribution in [3.05, 3.63) is 50.6 Å². The first kappa shape index (κ1) is 21.9. The van der Waals surface area contributed by atoms with Crippen molar-refractivity contribution in [2.75, 3.05) is 12.3 Å². The Labute approximate surface area is 182 Å².